The molecular weight excluding hydrogens is 877 g/mol. The lowest BCUT2D eigenvalue weighted by Gasteiger charge is -2.72. The molecular formula is C49H80O18. The molecule has 8 rings (SSSR count). The third-order valence-corrected chi connectivity index (χ3v) is 19.7. The summed E-state index contributed by atoms with van der Waals surface area (Å²) in [6.45, 7) is 16.5. The molecule has 0 radical (unpaired) electrons. The van der Waals surface area contributed by atoms with E-state index in [1.165, 1.54) is 12.5 Å². The minimum atomic E-state index is -1.95. The average molecular weight is 957 g/mol. The number of allylic oxidation sites excluding steroid dienone is 2. The van der Waals surface area contributed by atoms with E-state index in [1.807, 2.05) is 6.92 Å². The molecule has 67 heavy (non-hydrogen) atoms. The Balaban J connectivity index is 1.08. The van der Waals surface area contributed by atoms with Crippen LogP contribution in [0.25, 0.3) is 0 Å². The molecule has 0 aromatic carbocycles. The van der Waals surface area contributed by atoms with Crippen LogP contribution in [0.2, 0.25) is 0 Å². The maximum atomic E-state index is 13.1. The Morgan fingerprint density at radius 1 is 0.672 bits per heavy atom. The standard InChI is InChI=1S/C49H80O18/c1-22-30(53)32(55)36(59)41(62-22)66-38-33(56)31(54)25(20-50)63-42(38)67-39-35(58)34(57)37(40(60)61-9)65-43(39)64-29-13-14-46(5)26(47(29,6)21-51)12-15-49(8)27(46)11-10-23-24-18-44(2,3)19-28(52)45(24,4)16-17-48(23,49)7/h10,22,24-39,41-43,50-59H,11-21H2,1-9H3/t22-,24-,25+,26+,27+,28+,29-,30-,31-,32+,33-,34-,35-,36+,37-,38+,39+,41-,42-,43+,45+,46-,47+,48+,49+/m0/s1. The monoisotopic (exact) mass is 957 g/mol. The van der Waals surface area contributed by atoms with Crippen LogP contribution < -0.4 is 0 Å². The first kappa shape index (κ1) is 51.9. The van der Waals surface area contributed by atoms with Gasteiger partial charge in [0.05, 0.1) is 38.6 Å². The van der Waals surface area contributed by atoms with Crippen LogP contribution in [0.4, 0.5) is 0 Å². The third kappa shape index (κ3) is 8.11. The summed E-state index contributed by atoms with van der Waals surface area (Å²) in [7, 11) is 1.10. The Morgan fingerprint density at radius 3 is 1.96 bits per heavy atom. The minimum Gasteiger partial charge on any atom is -0.467 e. The van der Waals surface area contributed by atoms with Crippen molar-refractivity contribution in [1.82, 2.24) is 0 Å². The third-order valence-electron chi connectivity index (χ3n) is 19.7. The zero-order valence-electron chi connectivity index (χ0n) is 40.6. The Kier molecular flexibility index (Phi) is 14.1. The van der Waals surface area contributed by atoms with Crippen molar-refractivity contribution >= 4 is 5.97 Å². The second kappa shape index (κ2) is 18.3. The molecule has 7 fully saturated rings. The van der Waals surface area contributed by atoms with Crippen molar-refractivity contribution in [3.8, 4) is 0 Å². The first-order valence-corrected chi connectivity index (χ1v) is 24.6. The molecule has 10 N–H and O–H groups in total. The van der Waals surface area contributed by atoms with E-state index in [0.717, 1.165) is 52.1 Å². The highest BCUT2D eigenvalue weighted by molar-refractivity contribution is 5.75. The fourth-order valence-electron chi connectivity index (χ4n) is 15.2. The Hall–Kier alpha value is -1.43. The van der Waals surface area contributed by atoms with E-state index in [9.17, 15) is 55.9 Å². The first-order chi connectivity index (χ1) is 31.3. The van der Waals surface area contributed by atoms with Gasteiger partial charge < -0.3 is 84.2 Å². The molecule has 3 aliphatic heterocycles. The molecule has 384 valence electrons. The number of carbonyl (C=O) groups excluding carboxylic acids is 1. The smallest absolute Gasteiger partial charge is 0.337 e. The molecule has 0 aromatic rings. The number of carbonyl (C=O) groups is 1. The zero-order chi connectivity index (χ0) is 49.1. The molecule has 0 unspecified atom stereocenters. The van der Waals surface area contributed by atoms with Crippen molar-refractivity contribution in [2.24, 2.45) is 50.2 Å². The molecule has 3 heterocycles. The van der Waals surface area contributed by atoms with Crippen LogP contribution in [-0.4, -0.2) is 182 Å². The highest BCUT2D eigenvalue weighted by atomic mass is 16.8. The number of rotatable bonds is 9. The molecule has 0 spiro atoms. The van der Waals surface area contributed by atoms with Crippen molar-refractivity contribution in [3.63, 3.8) is 0 Å². The van der Waals surface area contributed by atoms with Crippen molar-refractivity contribution in [3.05, 3.63) is 11.6 Å². The van der Waals surface area contributed by atoms with E-state index < -0.39 is 116 Å². The lowest BCUT2D eigenvalue weighted by atomic mass is 9.33. The fourth-order valence-corrected chi connectivity index (χ4v) is 15.2. The first-order valence-electron chi connectivity index (χ1n) is 24.6. The van der Waals surface area contributed by atoms with Gasteiger partial charge in [-0.1, -0.05) is 60.1 Å². The normalized spacial score (nSPS) is 55.2. The molecule has 4 saturated carbocycles. The zero-order valence-corrected chi connectivity index (χ0v) is 40.6. The molecule has 8 aliphatic rings. The largest absolute Gasteiger partial charge is 0.467 e. The summed E-state index contributed by atoms with van der Waals surface area (Å²) in [5.74, 6) is -0.520. The van der Waals surface area contributed by atoms with Crippen LogP contribution in [-0.2, 0) is 38.0 Å². The summed E-state index contributed by atoms with van der Waals surface area (Å²) in [6, 6.07) is 0. The Morgan fingerprint density at radius 2 is 1.31 bits per heavy atom. The van der Waals surface area contributed by atoms with Gasteiger partial charge in [0, 0.05) is 10.8 Å². The predicted octanol–water partition coefficient (Wildman–Crippen LogP) is 0.793. The number of aliphatic hydroxyl groups excluding tert-OH is 10. The number of fused-ring (bicyclic) bond motifs is 7. The lowest BCUT2D eigenvalue weighted by Crippen LogP contribution is -2.68. The van der Waals surface area contributed by atoms with Gasteiger partial charge in [-0.25, -0.2) is 4.79 Å². The summed E-state index contributed by atoms with van der Waals surface area (Å²) in [5, 5.41) is 110. The van der Waals surface area contributed by atoms with Crippen molar-refractivity contribution < 1.29 is 89.0 Å². The van der Waals surface area contributed by atoms with E-state index in [2.05, 4.69) is 47.6 Å². The summed E-state index contributed by atoms with van der Waals surface area (Å²) < 4.78 is 41.6. The lowest BCUT2D eigenvalue weighted by molar-refractivity contribution is -0.396. The van der Waals surface area contributed by atoms with Crippen LogP contribution >= 0.6 is 0 Å². The SMILES string of the molecule is COC(=O)[C@H]1O[C@@H](O[C@H]2CC[C@@]3(C)[C@@H](CC[C@]4(C)[C@@H]3CC=C3[C@@H]5CC(C)(C)C[C@@H](O)[C@]5(C)CC[C@]34C)[C@@]2(C)CO)[C@H](O[C@@H]2O[C@H](CO)[C@H](O)[C@H](O)[C@H]2O[C@@H]2O[C@@H](C)[C@H](O)[C@@H](O)[C@H]2O)[C@@H](O)[C@@H]1O. The van der Waals surface area contributed by atoms with Gasteiger partial charge in [0.2, 0.25) is 0 Å². The number of methoxy groups -OCH3 is 1. The van der Waals surface area contributed by atoms with Gasteiger partial charge in [-0.15, -0.1) is 0 Å². The highest BCUT2D eigenvalue weighted by Gasteiger charge is 2.70. The number of hydrogen-bond acceptors (Lipinski definition) is 18. The number of aliphatic hydroxyl groups is 10. The van der Waals surface area contributed by atoms with Crippen LogP contribution in [0, 0.1) is 50.2 Å². The van der Waals surface area contributed by atoms with E-state index >= 15 is 0 Å². The van der Waals surface area contributed by atoms with E-state index in [-0.39, 0.29) is 57.5 Å². The van der Waals surface area contributed by atoms with Crippen LogP contribution in [0.1, 0.15) is 113 Å². The van der Waals surface area contributed by atoms with E-state index in [4.69, 9.17) is 33.2 Å². The Bertz CT molecular complexity index is 1830. The van der Waals surface area contributed by atoms with Gasteiger partial charge in [-0.2, -0.15) is 0 Å². The molecule has 18 heteroatoms. The Labute approximate surface area is 393 Å². The predicted molar refractivity (Wildman–Crippen MR) is 235 cm³/mol. The maximum absolute atomic E-state index is 13.1. The van der Waals surface area contributed by atoms with Crippen molar-refractivity contribution in [2.45, 2.75) is 218 Å². The minimum absolute atomic E-state index is 0.0229. The van der Waals surface area contributed by atoms with Gasteiger partial charge in [0.15, 0.2) is 25.0 Å². The van der Waals surface area contributed by atoms with Crippen LogP contribution in [0.5, 0.6) is 0 Å². The van der Waals surface area contributed by atoms with Gasteiger partial charge in [-0.3, -0.25) is 0 Å². The average Bonchev–Trinajstić information content (AvgIpc) is 3.28. The topological polar surface area (TPSA) is 284 Å². The van der Waals surface area contributed by atoms with Gasteiger partial charge >= 0.3 is 5.97 Å². The summed E-state index contributed by atoms with van der Waals surface area (Å²) in [6.07, 6.45) is -16.6. The molecule has 18 nitrogen and oxygen atoms in total. The summed E-state index contributed by atoms with van der Waals surface area (Å²) in [4.78, 5) is 13.1. The molecule has 5 aliphatic carbocycles. The molecule has 3 saturated heterocycles. The summed E-state index contributed by atoms with van der Waals surface area (Å²) in [5.41, 5.74) is 0.0428. The quantitative estimate of drug-likeness (QED) is 0.0869. The number of ether oxygens (including phenoxy) is 7. The summed E-state index contributed by atoms with van der Waals surface area (Å²) >= 11 is 0. The van der Waals surface area contributed by atoms with Gasteiger partial charge in [0.25, 0.3) is 0 Å². The molecule has 0 aromatic heterocycles. The highest BCUT2D eigenvalue weighted by Crippen LogP contribution is 2.76. The van der Waals surface area contributed by atoms with Gasteiger partial charge in [0.1, 0.15) is 61.0 Å². The maximum Gasteiger partial charge on any atom is 0.337 e. The van der Waals surface area contributed by atoms with Crippen molar-refractivity contribution in [2.75, 3.05) is 20.3 Å². The fraction of sp³-hybridized carbons (Fsp3) is 0.939. The number of hydrogen-bond donors (Lipinski definition) is 10. The molecule has 0 amide bonds. The van der Waals surface area contributed by atoms with Crippen LogP contribution in [0.3, 0.4) is 0 Å². The van der Waals surface area contributed by atoms with Gasteiger partial charge in [-0.05, 0) is 104 Å². The second-order valence-electron chi connectivity index (χ2n) is 23.8. The van der Waals surface area contributed by atoms with Crippen LogP contribution in [0.15, 0.2) is 11.6 Å². The van der Waals surface area contributed by atoms with E-state index in [0.29, 0.717) is 12.8 Å². The van der Waals surface area contributed by atoms with E-state index in [1.54, 1.807) is 0 Å². The molecule has 0 bridgehead atoms. The second-order valence-corrected chi connectivity index (χ2v) is 23.8. The number of esters is 1. The van der Waals surface area contributed by atoms with Crippen molar-refractivity contribution in [1.29, 1.82) is 0 Å². The molecule has 25 atom stereocenters.